The Bertz CT molecular complexity index is 755. The number of aliphatic hydroxyl groups is 1. The second-order valence-electron chi connectivity index (χ2n) is 4.48. The van der Waals surface area contributed by atoms with Crippen molar-refractivity contribution in [2.24, 2.45) is 0 Å². The number of aryl methyl sites for hydroxylation is 2. The Balaban J connectivity index is 2.02. The Labute approximate surface area is 124 Å². The summed E-state index contributed by atoms with van der Waals surface area (Å²) in [5.41, 5.74) is 3.85. The van der Waals surface area contributed by atoms with Gasteiger partial charge in [0, 0.05) is 23.0 Å². The second-order valence-corrected chi connectivity index (χ2v) is 6.31. The van der Waals surface area contributed by atoms with Gasteiger partial charge in [-0.05, 0) is 38.1 Å². The van der Waals surface area contributed by atoms with E-state index < -0.39 is 0 Å². The third-order valence-corrected chi connectivity index (χ3v) is 4.92. The number of aliphatic hydroxyl groups excluding tert-OH is 1. The highest BCUT2D eigenvalue weighted by molar-refractivity contribution is 7.99. The molecule has 3 rings (SSSR count). The fourth-order valence-corrected chi connectivity index (χ4v) is 3.65. The zero-order valence-corrected chi connectivity index (χ0v) is 13.0. The number of fused-ring (bicyclic) bond motifs is 1. The molecule has 0 aromatic carbocycles. The van der Waals surface area contributed by atoms with Crippen molar-refractivity contribution >= 4 is 28.1 Å². The van der Waals surface area contributed by atoms with Crippen LogP contribution in [0.25, 0.3) is 4.96 Å². The number of aromatic nitrogens is 4. The molecule has 104 valence electrons. The third kappa shape index (κ3) is 2.21. The van der Waals surface area contributed by atoms with Crippen LogP contribution in [0.3, 0.4) is 0 Å². The van der Waals surface area contributed by atoms with Gasteiger partial charge in [0.15, 0.2) is 10.1 Å². The van der Waals surface area contributed by atoms with Crippen LogP contribution in [0.5, 0.6) is 0 Å². The molecule has 0 aliphatic carbocycles. The lowest BCUT2D eigenvalue weighted by atomic mass is 10.2. The van der Waals surface area contributed by atoms with Gasteiger partial charge < -0.3 is 5.11 Å². The highest BCUT2D eigenvalue weighted by atomic mass is 32.2. The van der Waals surface area contributed by atoms with Crippen LogP contribution in [0.2, 0.25) is 0 Å². The highest BCUT2D eigenvalue weighted by Crippen LogP contribution is 2.30. The summed E-state index contributed by atoms with van der Waals surface area (Å²) in [6.07, 6.45) is 1.91. The molecule has 0 aliphatic heterocycles. The first-order valence-corrected chi connectivity index (χ1v) is 7.84. The zero-order valence-electron chi connectivity index (χ0n) is 11.4. The second kappa shape index (κ2) is 5.16. The summed E-state index contributed by atoms with van der Waals surface area (Å²) >= 11 is 2.94. The van der Waals surface area contributed by atoms with E-state index in [9.17, 15) is 5.11 Å². The first kappa shape index (κ1) is 13.5. The van der Waals surface area contributed by atoms with E-state index in [0.29, 0.717) is 5.16 Å². The number of hydrogen-bond donors (Lipinski definition) is 1. The van der Waals surface area contributed by atoms with Gasteiger partial charge in [0.05, 0.1) is 12.3 Å². The first-order chi connectivity index (χ1) is 9.60. The number of rotatable bonds is 3. The molecule has 0 saturated carbocycles. The van der Waals surface area contributed by atoms with Gasteiger partial charge in [-0.1, -0.05) is 0 Å². The molecule has 0 amide bonds. The van der Waals surface area contributed by atoms with Crippen molar-refractivity contribution in [1.29, 1.82) is 0 Å². The summed E-state index contributed by atoms with van der Waals surface area (Å²) in [4.78, 5) is 14.4. The molecule has 0 aliphatic rings. The summed E-state index contributed by atoms with van der Waals surface area (Å²) < 4.78 is 1.90. The fourth-order valence-electron chi connectivity index (χ4n) is 1.91. The van der Waals surface area contributed by atoms with E-state index in [0.717, 1.165) is 32.6 Å². The van der Waals surface area contributed by atoms with E-state index in [-0.39, 0.29) is 6.61 Å². The molecule has 3 aromatic heterocycles. The zero-order chi connectivity index (χ0) is 14.3. The van der Waals surface area contributed by atoms with Crippen LogP contribution in [-0.4, -0.2) is 24.5 Å². The van der Waals surface area contributed by atoms with Gasteiger partial charge >= 0.3 is 0 Å². The van der Waals surface area contributed by atoms with Crippen molar-refractivity contribution in [3.8, 4) is 0 Å². The van der Waals surface area contributed by atoms with Gasteiger partial charge in [0.25, 0.3) is 0 Å². The van der Waals surface area contributed by atoms with Gasteiger partial charge in [-0.25, -0.2) is 15.0 Å². The van der Waals surface area contributed by atoms with Crippen molar-refractivity contribution in [2.75, 3.05) is 0 Å². The third-order valence-electron chi connectivity index (χ3n) is 3.27. The SMILES string of the molecule is Cc1nc(Sc2nc3sccn3c2CO)nc(C)c1C. The van der Waals surface area contributed by atoms with E-state index in [1.165, 1.54) is 11.8 Å². The van der Waals surface area contributed by atoms with Gasteiger partial charge in [-0.15, -0.1) is 11.3 Å². The molecule has 0 unspecified atom stereocenters. The molecule has 3 aromatic rings. The van der Waals surface area contributed by atoms with Crippen LogP contribution >= 0.6 is 23.1 Å². The first-order valence-electron chi connectivity index (χ1n) is 6.15. The average molecular weight is 306 g/mol. The standard InChI is InChI=1S/C13H14N4OS2/c1-7-8(2)14-12(15-9(7)3)20-11-10(6-18)17-4-5-19-13(17)16-11/h4-5,18H,6H2,1-3H3. The molecular weight excluding hydrogens is 292 g/mol. The largest absolute Gasteiger partial charge is 0.390 e. The summed E-state index contributed by atoms with van der Waals surface area (Å²) in [6.45, 7) is 5.93. The summed E-state index contributed by atoms with van der Waals surface area (Å²) in [5, 5.41) is 12.9. The van der Waals surface area contributed by atoms with Crippen molar-refractivity contribution in [3.05, 3.63) is 34.2 Å². The van der Waals surface area contributed by atoms with Crippen molar-refractivity contribution < 1.29 is 5.11 Å². The predicted molar refractivity (Wildman–Crippen MR) is 79.4 cm³/mol. The molecule has 0 radical (unpaired) electrons. The molecule has 0 atom stereocenters. The maximum Gasteiger partial charge on any atom is 0.195 e. The summed E-state index contributed by atoms with van der Waals surface area (Å²) in [6, 6.07) is 0. The molecule has 0 fully saturated rings. The Morgan fingerprint density at radius 2 is 1.90 bits per heavy atom. The lowest BCUT2D eigenvalue weighted by molar-refractivity contribution is 0.272. The minimum Gasteiger partial charge on any atom is -0.390 e. The normalized spacial score (nSPS) is 11.4. The highest BCUT2D eigenvalue weighted by Gasteiger charge is 2.15. The lowest BCUT2D eigenvalue weighted by Gasteiger charge is -2.06. The van der Waals surface area contributed by atoms with Gasteiger partial charge in [-0.3, -0.25) is 4.40 Å². The Kier molecular flexibility index (Phi) is 3.49. The quantitative estimate of drug-likeness (QED) is 0.754. The smallest absolute Gasteiger partial charge is 0.195 e. The number of nitrogens with zero attached hydrogens (tertiary/aromatic N) is 4. The number of imidazole rings is 1. The Hall–Kier alpha value is -1.44. The van der Waals surface area contributed by atoms with Crippen LogP contribution < -0.4 is 0 Å². The molecule has 3 heterocycles. The summed E-state index contributed by atoms with van der Waals surface area (Å²) in [7, 11) is 0. The molecule has 5 nitrogen and oxygen atoms in total. The maximum atomic E-state index is 9.54. The topological polar surface area (TPSA) is 63.3 Å². The minimum absolute atomic E-state index is 0.0515. The summed E-state index contributed by atoms with van der Waals surface area (Å²) in [5.74, 6) is 0. The number of hydrogen-bond acceptors (Lipinski definition) is 6. The monoisotopic (exact) mass is 306 g/mol. The van der Waals surface area contributed by atoms with E-state index in [2.05, 4.69) is 15.0 Å². The molecule has 20 heavy (non-hydrogen) atoms. The predicted octanol–water partition coefficient (Wildman–Crippen LogP) is 2.75. The van der Waals surface area contributed by atoms with Gasteiger partial charge in [0.2, 0.25) is 0 Å². The van der Waals surface area contributed by atoms with E-state index in [1.807, 2.05) is 36.7 Å². The van der Waals surface area contributed by atoms with Crippen LogP contribution in [0.4, 0.5) is 0 Å². The molecular formula is C13H14N4OS2. The van der Waals surface area contributed by atoms with Gasteiger partial charge in [0.1, 0.15) is 5.03 Å². The molecule has 1 N–H and O–H groups in total. The lowest BCUT2D eigenvalue weighted by Crippen LogP contribution is -1.98. The van der Waals surface area contributed by atoms with Crippen LogP contribution in [0, 0.1) is 20.8 Å². The van der Waals surface area contributed by atoms with E-state index >= 15 is 0 Å². The average Bonchev–Trinajstić information content (AvgIpc) is 2.96. The van der Waals surface area contributed by atoms with Crippen LogP contribution in [0.15, 0.2) is 21.8 Å². The van der Waals surface area contributed by atoms with Crippen molar-refractivity contribution in [1.82, 2.24) is 19.4 Å². The molecule has 0 spiro atoms. The minimum atomic E-state index is -0.0515. The van der Waals surface area contributed by atoms with E-state index in [4.69, 9.17) is 0 Å². The van der Waals surface area contributed by atoms with Crippen molar-refractivity contribution in [2.45, 2.75) is 37.6 Å². The Morgan fingerprint density at radius 1 is 1.20 bits per heavy atom. The fraction of sp³-hybridized carbons (Fsp3) is 0.308. The Morgan fingerprint density at radius 3 is 2.55 bits per heavy atom. The van der Waals surface area contributed by atoms with Crippen LogP contribution in [-0.2, 0) is 6.61 Å². The van der Waals surface area contributed by atoms with Crippen molar-refractivity contribution in [3.63, 3.8) is 0 Å². The maximum absolute atomic E-state index is 9.54. The van der Waals surface area contributed by atoms with Gasteiger partial charge in [-0.2, -0.15) is 0 Å². The number of thiazole rings is 1. The molecule has 0 bridgehead atoms. The molecule has 7 heteroatoms. The van der Waals surface area contributed by atoms with E-state index in [1.54, 1.807) is 11.3 Å². The molecule has 0 saturated heterocycles. The van der Waals surface area contributed by atoms with Crippen LogP contribution in [0.1, 0.15) is 22.6 Å².